The van der Waals surface area contributed by atoms with Crippen LogP contribution in [0, 0.1) is 0 Å². The van der Waals surface area contributed by atoms with Crippen molar-refractivity contribution in [2.45, 2.75) is 12.8 Å². The average Bonchev–Trinajstić information content (AvgIpc) is 2.98. The molecule has 0 aliphatic carbocycles. The van der Waals surface area contributed by atoms with Gasteiger partial charge in [0.1, 0.15) is 5.82 Å². The highest BCUT2D eigenvalue weighted by atomic mass is 79.9. The number of rotatable bonds is 2. The topological polar surface area (TPSA) is 83.7 Å². The molecule has 3 rings (SSSR count). The lowest BCUT2D eigenvalue weighted by molar-refractivity contribution is 0.931. The molecule has 0 bridgehead atoms. The fourth-order valence-corrected chi connectivity index (χ4v) is 2.53. The molecule has 0 atom stereocenters. The van der Waals surface area contributed by atoms with Crippen molar-refractivity contribution in [3.05, 3.63) is 16.7 Å². The van der Waals surface area contributed by atoms with Gasteiger partial charge in [0, 0.05) is 19.2 Å². The minimum Gasteiger partial charge on any atom is -0.368 e. The van der Waals surface area contributed by atoms with E-state index in [1.54, 1.807) is 6.20 Å². The number of nitrogens with zero attached hydrogens (tertiary/aromatic N) is 4. The van der Waals surface area contributed by atoms with Crippen LogP contribution in [0.15, 0.2) is 16.7 Å². The maximum Gasteiger partial charge on any atom is 0.222 e. The van der Waals surface area contributed by atoms with Crippen molar-refractivity contribution < 1.29 is 0 Å². The molecule has 0 radical (unpaired) electrons. The molecule has 0 saturated carbocycles. The third-order valence-electron chi connectivity index (χ3n) is 3.01. The second kappa shape index (κ2) is 4.56. The smallest absolute Gasteiger partial charge is 0.222 e. The third kappa shape index (κ3) is 2.05. The summed E-state index contributed by atoms with van der Waals surface area (Å²) < 4.78 is 0.868. The van der Waals surface area contributed by atoms with Gasteiger partial charge in [-0.25, -0.2) is 4.98 Å². The summed E-state index contributed by atoms with van der Waals surface area (Å²) >= 11 is 3.43. The molecule has 1 fully saturated rings. The monoisotopic (exact) mass is 308 g/mol. The number of hydrogen-bond acceptors (Lipinski definition) is 5. The molecule has 94 valence electrons. The Morgan fingerprint density at radius 1 is 1.28 bits per heavy atom. The standard InChI is InChI=1S/C11H13BrN6/c12-7-6-14-17-10(7)8-5-9(16-11(13)15-8)18-3-1-2-4-18/h5-6H,1-4H2,(H,14,17)(H2,13,15,16). The molecule has 0 spiro atoms. The van der Waals surface area contributed by atoms with E-state index in [0.717, 1.165) is 34.8 Å². The van der Waals surface area contributed by atoms with E-state index in [2.05, 4.69) is 41.0 Å². The van der Waals surface area contributed by atoms with E-state index in [9.17, 15) is 0 Å². The number of nitrogens with one attached hydrogen (secondary N) is 1. The van der Waals surface area contributed by atoms with E-state index in [1.165, 1.54) is 12.8 Å². The van der Waals surface area contributed by atoms with Crippen LogP contribution in [0.2, 0.25) is 0 Å². The van der Waals surface area contributed by atoms with Crippen molar-refractivity contribution in [2.75, 3.05) is 23.7 Å². The van der Waals surface area contributed by atoms with Gasteiger partial charge in [0.05, 0.1) is 22.1 Å². The van der Waals surface area contributed by atoms with E-state index in [1.807, 2.05) is 6.07 Å². The van der Waals surface area contributed by atoms with Gasteiger partial charge in [-0.2, -0.15) is 10.1 Å². The molecule has 3 N–H and O–H groups in total. The van der Waals surface area contributed by atoms with Crippen LogP contribution in [-0.2, 0) is 0 Å². The highest BCUT2D eigenvalue weighted by Crippen LogP contribution is 2.28. The maximum absolute atomic E-state index is 5.78. The van der Waals surface area contributed by atoms with E-state index < -0.39 is 0 Å². The Labute approximate surface area is 113 Å². The predicted molar refractivity (Wildman–Crippen MR) is 73.2 cm³/mol. The zero-order valence-corrected chi connectivity index (χ0v) is 11.3. The Balaban J connectivity index is 2.03. The Kier molecular flexibility index (Phi) is 2.91. The summed E-state index contributed by atoms with van der Waals surface area (Å²) in [4.78, 5) is 10.8. The lowest BCUT2D eigenvalue weighted by Crippen LogP contribution is -2.19. The van der Waals surface area contributed by atoms with Gasteiger partial charge in [0.25, 0.3) is 0 Å². The van der Waals surface area contributed by atoms with Gasteiger partial charge < -0.3 is 10.6 Å². The summed E-state index contributed by atoms with van der Waals surface area (Å²) in [5.74, 6) is 1.17. The van der Waals surface area contributed by atoms with Gasteiger partial charge in [0.15, 0.2) is 0 Å². The Morgan fingerprint density at radius 2 is 2.06 bits per heavy atom. The number of nitrogens with two attached hydrogens (primary N) is 1. The van der Waals surface area contributed by atoms with Crippen LogP contribution in [0.1, 0.15) is 12.8 Å². The molecule has 0 amide bonds. The number of aromatic nitrogens is 4. The first kappa shape index (κ1) is 11.5. The van der Waals surface area contributed by atoms with Crippen LogP contribution in [-0.4, -0.2) is 33.3 Å². The molecule has 3 heterocycles. The van der Waals surface area contributed by atoms with Crippen molar-refractivity contribution in [3.63, 3.8) is 0 Å². The fraction of sp³-hybridized carbons (Fsp3) is 0.364. The maximum atomic E-state index is 5.78. The molecule has 2 aromatic heterocycles. The molecule has 6 nitrogen and oxygen atoms in total. The summed E-state index contributed by atoms with van der Waals surface area (Å²) in [6, 6.07) is 1.94. The highest BCUT2D eigenvalue weighted by Gasteiger charge is 2.17. The quantitative estimate of drug-likeness (QED) is 0.884. The molecule has 7 heteroatoms. The highest BCUT2D eigenvalue weighted by molar-refractivity contribution is 9.10. The summed E-state index contributed by atoms with van der Waals surface area (Å²) in [5.41, 5.74) is 7.37. The first-order valence-electron chi connectivity index (χ1n) is 5.83. The van der Waals surface area contributed by atoms with Crippen LogP contribution < -0.4 is 10.6 Å². The summed E-state index contributed by atoms with van der Waals surface area (Å²) in [6.45, 7) is 2.06. The SMILES string of the molecule is Nc1nc(-c2[nH]ncc2Br)cc(N2CCCC2)n1. The van der Waals surface area contributed by atoms with Crippen LogP contribution in [0.3, 0.4) is 0 Å². The summed E-state index contributed by atoms with van der Waals surface area (Å²) in [7, 11) is 0. The van der Waals surface area contributed by atoms with Gasteiger partial charge >= 0.3 is 0 Å². The first-order valence-corrected chi connectivity index (χ1v) is 6.62. The lowest BCUT2D eigenvalue weighted by Gasteiger charge is -2.17. The molecule has 18 heavy (non-hydrogen) atoms. The van der Waals surface area contributed by atoms with E-state index >= 15 is 0 Å². The molecule has 1 aliphatic rings. The van der Waals surface area contributed by atoms with E-state index in [4.69, 9.17) is 5.73 Å². The van der Waals surface area contributed by atoms with Gasteiger partial charge in [-0.3, -0.25) is 5.10 Å². The fourth-order valence-electron chi connectivity index (χ4n) is 2.14. The molecular formula is C11H13BrN6. The van der Waals surface area contributed by atoms with Crippen LogP contribution in [0.5, 0.6) is 0 Å². The lowest BCUT2D eigenvalue weighted by atomic mass is 10.3. The second-order valence-electron chi connectivity index (χ2n) is 4.26. The summed E-state index contributed by atoms with van der Waals surface area (Å²) in [6.07, 6.45) is 4.10. The normalized spacial score (nSPS) is 15.3. The van der Waals surface area contributed by atoms with Crippen LogP contribution in [0.25, 0.3) is 11.4 Å². The van der Waals surface area contributed by atoms with E-state index in [-0.39, 0.29) is 5.95 Å². The molecule has 0 unspecified atom stereocenters. The van der Waals surface area contributed by atoms with Gasteiger partial charge in [-0.15, -0.1) is 0 Å². The average molecular weight is 309 g/mol. The number of nitrogen functional groups attached to an aromatic ring is 1. The van der Waals surface area contributed by atoms with E-state index in [0.29, 0.717) is 0 Å². The molecule has 0 aromatic carbocycles. The minimum absolute atomic E-state index is 0.288. The predicted octanol–water partition coefficient (Wildman–Crippen LogP) is 1.81. The Morgan fingerprint density at radius 3 is 2.72 bits per heavy atom. The zero-order chi connectivity index (χ0) is 12.5. The number of hydrogen-bond donors (Lipinski definition) is 2. The summed E-state index contributed by atoms with van der Waals surface area (Å²) in [5, 5.41) is 6.87. The van der Waals surface area contributed by atoms with Crippen LogP contribution in [0.4, 0.5) is 11.8 Å². The molecule has 1 aliphatic heterocycles. The van der Waals surface area contributed by atoms with Crippen molar-refractivity contribution in [1.29, 1.82) is 0 Å². The zero-order valence-electron chi connectivity index (χ0n) is 9.73. The van der Waals surface area contributed by atoms with Gasteiger partial charge in [-0.05, 0) is 28.8 Å². The molecule has 2 aromatic rings. The second-order valence-corrected chi connectivity index (χ2v) is 5.11. The van der Waals surface area contributed by atoms with Crippen molar-refractivity contribution in [2.24, 2.45) is 0 Å². The minimum atomic E-state index is 0.288. The number of halogens is 1. The van der Waals surface area contributed by atoms with Gasteiger partial charge in [0.2, 0.25) is 5.95 Å². The Bertz CT molecular complexity index is 560. The third-order valence-corrected chi connectivity index (χ3v) is 3.61. The number of anilines is 2. The van der Waals surface area contributed by atoms with Crippen molar-refractivity contribution in [1.82, 2.24) is 20.2 Å². The number of H-pyrrole nitrogens is 1. The molecule has 1 saturated heterocycles. The van der Waals surface area contributed by atoms with Crippen molar-refractivity contribution in [3.8, 4) is 11.4 Å². The number of aromatic amines is 1. The van der Waals surface area contributed by atoms with Crippen LogP contribution >= 0.6 is 15.9 Å². The Hall–Kier alpha value is -1.63. The van der Waals surface area contributed by atoms with Gasteiger partial charge in [-0.1, -0.05) is 0 Å². The molecular weight excluding hydrogens is 296 g/mol. The first-order chi connectivity index (χ1) is 8.74. The van der Waals surface area contributed by atoms with Crippen molar-refractivity contribution >= 4 is 27.7 Å². The largest absolute Gasteiger partial charge is 0.368 e.